The van der Waals surface area contributed by atoms with E-state index in [-0.39, 0.29) is 0 Å². The van der Waals surface area contributed by atoms with E-state index in [1.54, 1.807) is 17.1 Å². The van der Waals surface area contributed by atoms with Crippen LogP contribution < -0.4 is 10.2 Å². The molecule has 0 spiro atoms. The molecule has 3 heterocycles. The number of likely N-dealkylation sites (N-methyl/N-ethyl adjacent to an activating group) is 1. The molecule has 3 rings (SSSR count). The van der Waals surface area contributed by atoms with Gasteiger partial charge in [-0.15, -0.1) is 0 Å². The van der Waals surface area contributed by atoms with Crippen LogP contribution in [0.1, 0.15) is 6.92 Å². The lowest BCUT2D eigenvalue weighted by Crippen LogP contribution is -2.51. The second kappa shape index (κ2) is 5.65. The summed E-state index contributed by atoms with van der Waals surface area (Å²) in [5.41, 5.74) is 0. The molecule has 0 radical (unpaired) electrons. The fourth-order valence-corrected chi connectivity index (χ4v) is 2.52. The molecule has 1 fully saturated rings. The number of rotatable bonds is 3. The van der Waals surface area contributed by atoms with Crippen molar-refractivity contribution in [2.45, 2.75) is 13.0 Å². The van der Waals surface area contributed by atoms with Gasteiger partial charge in [0.05, 0.1) is 0 Å². The minimum Gasteiger partial charge on any atom is -0.357 e. The monoisotopic (exact) mass is 288 g/mol. The number of imidazole rings is 1. The van der Waals surface area contributed by atoms with Crippen molar-refractivity contribution in [2.75, 3.05) is 43.9 Å². The molecule has 1 atom stereocenters. The summed E-state index contributed by atoms with van der Waals surface area (Å²) < 4.78 is 1.78. The first-order valence-corrected chi connectivity index (χ1v) is 7.04. The van der Waals surface area contributed by atoms with Gasteiger partial charge in [0.25, 0.3) is 0 Å². The molecule has 0 bridgehead atoms. The third kappa shape index (κ3) is 2.80. The van der Waals surface area contributed by atoms with Gasteiger partial charge in [0.2, 0.25) is 17.8 Å². The van der Waals surface area contributed by atoms with Crippen LogP contribution in [0.15, 0.2) is 18.7 Å². The van der Waals surface area contributed by atoms with E-state index in [1.807, 2.05) is 13.2 Å². The van der Waals surface area contributed by atoms with Gasteiger partial charge in [-0.05, 0) is 14.0 Å². The second-order valence-corrected chi connectivity index (χ2v) is 5.28. The summed E-state index contributed by atoms with van der Waals surface area (Å²) in [4.78, 5) is 22.1. The minimum absolute atomic E-state index is 0.367. The molecular formula is C13H20N8. The lowest BCUT2D eigenvalue weighted by Gasteiger charge is -2.38. The zero-order valence-electron chi connectivity index (χ0n) is 12.6. The largest absolute Gasteiger partial charge is 0.357 e. The first-order chi connectivity index (χ1) is 10.2. The van der Waals surface area contributed by atoms with Gasteiger partial charge in [-0.25, -0.2) is 4.98 Å². The molecule has 0 saturated carbocycles. The Morgan fingerprint density at radius 2 is 2.00 bits per heavy atom. The van der Waals surface area contributed by atoms with Gasteiger partial charge in [-0.2, -0.15) is 15.0 Å². The molecule has 0 amide bonds. The summed E-state index contributed by atoms with van der Waals surface area (Å²) in [7, 11) is 3.95. The van der Waals surface area contributed by atoms with Gasteiger partial charge < -0.3 is 15.1 Å². The van der Waals surface area contributed by atoms with Crippen molar-refractivity contribution in [3.8, 4) is 5.95 Å². The zero-order valence-corrected chi connectivity index (χ0v) is 12.6. The van der Waals surface area contributed by atoms with E-state index < -0.39 is 0 Å². The molecule has 21 heavy (non-hydrogen) atoms. The summed E-state index contributed by atoms with van der Waals surface area (Å²) in [6.45, 7) is 5.11. The van der Waals surface area contributed by atoms with Crippen LogP contribution in [0.2, 0.25) is 0 Å². The van der Waals surface area contributed by atoms with Crippen molar-refractivity contribution < 1.29 is 0 Å². The average Bonchev–Trinajstić information content (AvgIpc) is 3.01. The van der Waals surface area contributed by atoms with Crippen molar-refractivity contribution in [3.63, 3.8) is 0 Å². The Morgan fingerprint density at radius 1 is 1.19 bits per heavy atom. The summed E-state index contributed by atoms with van der Waals surface area (Å²) >= 11 is 0. The lowest BCUT2D eigenvalue weighted by molar-refractivity contribution is 0.273. The van der Waals surface area contributed by atoms with E-state index in [0.29, 0.717) is 23.9 Å². The molecule has 1 unspecified atom stereocenters. The van der Waals surface area contributed by atoms with Gasteiger partial charge in [0.1, 0.15) is 6.33 Å². The third-order valence-electron chi connectivity index (χ3n) is 3.66. The minimum atomic E-state index is 0.367. The van der Waals surface area contributed by atoms with E-state index in [9.17, 15) is 0 Å². The Kier molecular flexibility index (Phi) is 3.70. The normalized spacial score (nSPS) is 19.8. The number of aromatic nitrogens is 5. The van der Waals surface area contributed by atoms with E-state index in [4.69, 9.17) is 0 Å². The number of nitrogens with one attached hydrogen (secondary N) is 1. The van der Waals surface area contributed by atoms with Crippen LogP contribution in [0.5, 0.6) is 0 Å². The van der Waals surface area contributed by atoms with Crippen molar-refractivity contribution in [1.82, 2.24) is 29.4 Å². The van der Waals surface area contributed by atoms with E-state index in [2.05, 4.69) is 49.0 Å². The number of hydrogen-bond donors (Lipinski definition) is 1. The Labute approximate surface area is 123 Å². The van der Waals surface area contributed by atoms with Gasteiger partial charge >= 0.3 is 0 Å². The molecule has 1 saturated heterocycles. The molecule has 1 aliphatic heterocycles. The molecule has 2 aromatic heterocycles. The molecular weight excluding hydrogens is 268 g/mol. The number of nitrogens with zero attached hydrogens (tertiary/aromatic N) is 7. The molecule has 112 valence electrons. The Balaban J connectivity index is 1.96. The van der Waals surface area contributed by atoms with Crippen molar-refractivity contribution >= 4 is 11.9 Å². The van der Waals surface area contributed by atoms with Crippen LogP contribution in [0.3, 0.4) is 0 Å². The third-order valence-corrected chi connectivity index (χ3v) is 3.66. The summed E-state index contributed by atoms with van der Waals surface area (Å²) in [5.74, 6) is 1.85. The maximum atomic E-state index is 4.59. The van der Waals surface area contributed by atoms with Crippen LogP contribution in [-0.4, -0.2) is 69.2 Å². The highest BCUT2D eigenvalue weighted by Crippen LogP contribution is 2.18. The van der Waals surface area contributed by atoms with Gasteiger partial charge in [-0.3, -0.25) is 4.57 Å². The zero-order chi connectivity index (χ0) is 14.8. The lowest BCUT2D eigenvalue weighted by atomic mass is 10.2. The molecule has 1 aliphatic rings. The van der Waals surface area contributed by atoms with Crippen LogP contribution in [0.4, 0.5) is 11.9 Å². The number of hydrogen-bond acceptors (Lipinski definition) is 7. The predicted octanol–water partition coefficient (Wildman–Crippen LogP) is 0.239. The molecule has 0 aliphatic carbocycles. The maximum absolute atomic E-state index is 4.59. The fourth-order valence-electron chi connectivity index (χ4n) is 2.52. The predicted molar refractivity (Wildman–Crippen MR) is 80.8 cm³/mol. The summed E-state index contributed by atoms with van der Waals surface area (Å²) in [6.07, 6.45) is 5.22. The standard InChI is InChI=1S/C13H20N8/c1-10-8-19(3)6-7-21(10)13-17-11(14-2)16-12(18-13)20-5-4-15-9-20/h4-5,9-10H,6-8H2,1-3H3,(H,14,16,17,18). The van der Waals surface area contributed by atoms with Crippen molar-refractivity contribution in [3.05, 3.63) is 18.7 Å². The Morgan fingerprint density at radius 3 is 2.67 bits per heavy atom. The highest BCUT2D eigenvalue weighted by molar-refractivity contribution is 5.41. The van der Waals surface area contributed by atoms with Crippen LogP contribution in [0.25, 0.3) is 5.95 Å². The van der Waals surface area contributed by atoms with Gasteiger partial charge in [0, 0.05) is 45.1 Å². The van der Waals surface area contributed by atoms with Crippen LogP contribution in [0, 0.1) is 0 Å². The van der Waals surface area contributed by atoms with Crippen molar-refractivity contribution in [1.29, 1.82) is 0 Å². The highest BCUT2D eigenvalue weighted by Gasteiger charge is 2.24. The topological polar surface area (TPSA) is 75.0 Å². The molecule has 8 heteroatoms. The van der Waals surface area contributed by atoms with Gasteiger partial charge in [-0.1, -0.05) is 0 Å². The van der Waals surface area contributed by atoms with Crippen molar-refractivity contribution in [2.24, 2.45) is 0 Å². The Hall–Kier alpha value is -2.22. The van der Waals surface area contributed by atoms with Crippen LogP contribution in [-0.2, 0) is 0 Å². The van der Waals surface area contributed by atoms with E-state index in [0.717, 1.165) is 19.6 Å². The fraction of sp³-hybridized carbons (Fsp3) is 0.538. The molecule has 8 nitrogen and oxygen atoms in total. The van der Waals surface area contributed by atoms with Crippen LogP contribution >= 0.6 is 0 Å². The maximum Gasteiger partial charge on any atom is 0.241 e. The number of piperazine rings is 1. The second-order valence-electron chi connectivity index (χ2n) is 5.28. The summed E-state index contributed by atoms with van der Waals surface area (Å²) in [6, 6.07) is 0.367. The average molecular weight is 288 g/mol. The molecule has 0 aromatic carbocycles. The highest BCUT2D eigenvalue weighted by atomic mass is 15.4. The quantitative estimate of drug-likeness (QED) is 0.867. The first kappa shape index (κ1) is 13.7. The van der Waals surface area contributed by atoms with Gasteiger partial charge in [0.15, 0.2) is 0 Å². The molecule has 2 aromatic rings. The van der Waals surface area contributed by atoms with E-state index in [1.165, 1.54) is 0 Å². The summed E-state index contributed by atoms with van der Waals surface area (Å²) in [5, 5.41) is 3.00. The SMILES string of the molecule is CNc1nc(N2CCN(C)CC2C)nc(-n2ccnc2)n1. The smallest absolute Gasteiger partial charge is 0.241 e. The first-order valence-electron chi connectivity index (χ1n) is 7.04. The molecule has 1 N–H and O–H groups in total. The Bertz CT molecular complexity index is 596. The van der Waals surface area contributed by atoms with E-state index >= 15 is 0 Å². The number of anilines is 2.